The number of H-pyrrole nitrogens is 1. The molecule has 0 saturated carbocycles. The van der Waals surface area contributed by atoms with Crippen molar-refractivity contribution in [2.24, 2.45) is 4.99 Å². The lowest BCUT2D eigenvalue weighted by Gasteiger charge is -2.10. The average Bonchev–Trinajstić information content (AvgIpc) is 2.88. The number of aliphatic imine (C=N–C) groups is 1. The summed E-state index contributed by atoms with van der Waals surface area (Å²) in [6, 6.07) is 5.39. The van der Waals surface area contributed by atoms with E-state index < -0.39 is 12.0 Å². The Balaban J connectivity index is 2.13. The first-order valence-electron chi connectivity index (χ1n) is 5.66. The zero-order valence-corrected chi connectivity index (χ0v) is 9.98. The van der Waals surface area contributed by atoms with Crippen molar-refractivity contribution in [3.05, 3.63) is 48.0 Å². The van der Waals surface area contributed by atoms with Crippen molar-refractivity contribution < 1.29 is 15.0 Å². The van der Waals surface area contributed by atoms with Crippen LogP contribution in [-0.4, -0.2) is 33.3 Å². The number of aromatic nitrogens is 2. The molecule has 0 fully saturated rings. The van der Waals surface area contributed by atoms with E-state index in [-0.39, 0.29) is 12.2 Å². The number of hydrogen-bond donors (Lipinski definition) is 2. The Kier molecular flexibility index (Phi) is 3.92. The predicted octanol–water partition coefficient (Wildman–Crippen LogP) is 0.598. The highest BCUT2D eigenvalue weighted by Gasteiger charge is 2.16. The van der Waals surface area contributed by atoms with Crippen molar-refractivity contribution in [1.82, 2.24) is 9.97 Å². The van der Waals surface area contributed by atoms with E-state index in [2.05, 4.69) is 15.0 Å². The van der Waals surface area contributed by atoms with Gasteiger partial charge in [-0.2, -0.15) is 0 Å². The molecular weight excluding hydrogens is 246 g/mol. The molecule has 98 valence electrons. The number of nitrogens with one attached hydrogen (secondary N) is 1. The first kappa shape index (κ1) is 12.8. The van der Waals surface area contributed by atoms with Gasteiger partial charge in [-0.3, -0.25) is 4.99 Å². The maximum Gasteiger partial charge on any atom is 0.328 e. The summed E-state index contributed by atoms with van der Waals surface area (Å²) in [7, 11) is 0. The second-order valence-corrected chi connectivity index (χ2v) is 3.95. The molecule has 0 bridgehead atoms. The highest BCUT2D eigenvalue weighted by Crippen LogP contribution is 2.10. The molecule has 1 aromatic heterocycles. The fourth-order valence-electron chi connectivity index (χ4n) is 1.57. The molecule has 0 spiro atoms. The summed E-state index contributed by atoms with van der Waals surface area (Å²) >= 11 is 0. The van der Waals surface area contributed by atoms with Gasteiger partial charge in [0.05, 0.1) is 6.33 Å². The summed E-state index contributed by atoms with van der Waals surface area (Å²) in [4.78, 5) is 21.7. The number of nitrogens with zero attached hydrogens (tertiary/aromatic N) is 2. The molecule has 6 nitrogen and oxygen atoms in total. The lowest BCUT2D eigenvalue weighted by molar-refractivity contribution is -0.268. The van der Waals surface area contributed by atoms with Crippen LogP contribution in [0.15, 0.2) is 41.8 Å². The van der Waals surface area contributed by atoms with Crippen molar-refractivity contribution in [1.29, 1.82) is 0 Å². The van der Waals surface area contributed by atoms with Crippen LogP contribution in [0.25, 0.3) is 0 Å². The second-order valence-electron chi connectivity index (χ2n) is 3.95. The fourth-order valence-corrected chi connectivity index (χ4v) is 1.57. The Morgan fingerprint density at radius 2 is 2.32 bits per heavy atom. The lowest BCUT2D eigenvalue weighted by Crippen LogP contribution is -2.21. The first-order valence-corrected chi connectivity index (χ1v) is 5.66. The van der Waals surface area contributed by atoms with Crippen LogP contribution < -0.4 is 5.11 Å². The van der Waals surface area contributed by atoms with Crippen molar-refractivity contribution >= 4 is 12.2 Å². The van der Waals surface area contributed by atoms with E-state index in [0.29, 0.717) is 11.3 Å². The fraction of sp³-hybridized carbons (Fsp3) is 0.154. The Morgan fingerprint density at radius 3 is 2.95 bits per heavy atom. The van der Waals surface area contributed by atoms with E-state index in [1.54, 1.807) is 24.4 Å². The number of imidazole rings is 1. The lowest BCUT2D eigenvalue weighted by atomic mass is 10.1. The topological polar surface area (TPSA) is 101 Å². The summed E-state index contributed by atoms with van der Waals surface area (Å²) in [6.07, 6.45) is 4.53. The summed E-state index contributed by atoms with van der Waals surface area (Å²) in [6.45, 7) is 0. The summed E-state index contributed by atoms with van der Waals surface area (Å²) in [5, 5.41) is 20.6. The zero-order chi connectivity index (χ0) is 13.7. The van der Waals surface area contributed by atoms with E-state index in [0.717, 1.165) is 0 Å². The summed E-state index contributed by atoms with van der Waals surface area (Å²) in [5.41, 5.74) is 1.05. The normalized spacial score (nSPS) is 12.6. The van der Waals surface area contributed by atoms with Gasteiger partial charge in [-0.15, -0.1) is 5.75 Å². The number of para-hydroxylation sites is 1. The molecule has 6 heteroatoms. The largest absolute Gasteiger partial charge is 0.872 e. The van der Waals surface area contributed by atoms with E-state index in [1.165, 1.54) is 18.6 Å². The molecule has 2 aromatic rings. The van der Waals surface area contributed by atoms with Crippen LogP contribution in [0.1, 0.15) is 11.3 Å². The monoisotopic (exact) mass is 258 g/mol. The maximum atomic E-state index is 11.5. The zero-order valence-electron chi connectivity index (χ0n) is 9.98. The third-order valence-corrected chi connectivity index (χ3v) is 2.57. The van der Waals surface area contributed by atoms with Crippen molar-refractivity contribution in [3.63, 3.8) is 0 Å². The third-order valence-electron chi connectivity index (χ3n) is 2.57. The van der Waals surface area contributed by atoms with Crippen LogP contribution in [0.3, 0.4) is 0 Å². The number of carboxylic acid groups (broad SMARTS) is 1. The molecule has 2 rings (SSSR count). The van der Waals surface area contributed by atoms with Crippen LogP contribution >= 0.6 is 0 Å². The number of benzene rings is 1. The molecule has 0 aliphatic rings. The summed E-state index contributed by atoms with van der Waals surface area (Å²) in [5.74, 6) is -1.23. The van der Waals surface area contributed by atoms with E-state index in [1.807, 2.05) is 0 Å². The first-order chi connectivity index (χ1) is 9.16. The second kappa shape index (κ2) is 5.81. The van der Waals surface area contributed by atoms with Gasteiger partial charge in [0.2, 0.25) is 0 Å². The Hall–Kier alpha value is -2.63. The van der Waals surface area contributed by atoms with Gasteiger partial charge in [-0.1, -0.05) is 24.3 Å². The quantitative estimate of drug-likeness (QED) is 0.766. The predicted molar refractivity (Wildman–Crippen MR) is 67.2 cm³/mol. The van der Waals surface area contributed by atoms with Gasteiger partial charge in [-0.05, 0) is 5.56 Å². The molecule has 1 aromatic carbocycles. The van der Waals surface area contributed by atoms with Gasteiger partial charge in [-0.25, -0.2) is 9.78 Å². The highest BCUT2D eigenvalue weighted by atomic mass is 16.4. The number of carboxylic acids is 1. The number of carbonyl (C=O) groups is 1. The average molecular weight is 258 g/mol. The SMILES string of the molecule is O=C(O)C(Cc1cnc[nH]1)N=Cc1ccccc1[O-]. The maximum absolute atomic E-state index is 11.5. The Morgan fingerprint density at radius 1 is 1.53 bits per heavy atom. The van der Waals surface area contributed by atoms with Crippen LogP contribution in [0.5, 0.6) is 5.75 Å². The minimum absolute atomic E-state index is 0.183. The smallest absolute Gasteiger partial charge is 0.328 e. The van der Waals surface area contributed by atoms with E-state index in [9.17, 15) is 9.90 Å². The number of rotatable bonds is 5. The highest BCUT2D eigenvalue weighted by molar-refractivity contribution is 5.85. The van der Waals surface area contributed by atoms with Gasteiger partial charge in [0.15, 0.2) is 6.04 Å². The van der Waals surface area contributed by atoms with E-state index in [4.69, 9.17) is 5.11 Å². The molecule has 0 aliphatic heterocycles. The van der Waals surface area contributed by atoms with Crippen molar-refractivity contribution in [2.75, 3.05) is 0 Å². The van der Waals surface area contributed by atoms with Crippen molar-refractivity contribution in [2.45, 2.75) is 12.5 Å². The van der Waals surface area contributed by atoms with Gasteiger partial charge < -0.3 is 15.2 Å². The minimum Gasteiger partial charge on any atom is -0.872 e. The molecule has 0 aliphatic carbocycles. The standard InChI is InChI=1S/C13H13N3O3/c17-12-4-2-1-3-9(12)6-15-11(13(18)19)5-10-7-14-8-16-10/h1-4,6-8,11,17H,5H2,(H,14,16)(H,18,19)/p-1. The minimum atomic E-state index is -1.05. The van der Waals surface area contributed by atoms with Crippen LogP contribution in [0.2, 0.25) is 0 Å². The van der Waals surface area contributed by atoms with Gasteiger partial charge in [0, 0.05) is 24.5 Å². The molecule has 1 heterocycles. The summed E-state index contributed by atoms with van der Waals surface area (Å²) < 4.78 is 0. The molecule has 2 N–H and O–H groups in total. The molecule has 1 unspecified atom stereocenters. The molecule has 1 atom stereocenters. The van der Waals surface area contributed by atoms with Gasteiger partial charge in [0.1, 0.15) is 0 Å². The Labute approximate surface area is 109 Å². The van der Waals surface area contributed by atoms with Gasteiger partial charge >= 0.3 is 5.97 Å². The van der Waals surface area contributed by atoms with Crippen molar-refractivity contribution in [3.8, 4) is 5.75 Å². The molecule has 0 saturated heterocycles. The Bertz CT molecular complexity index is 579. The third kappa shape index (κ3) is 3.41. The molecule has 19 heavy (non-hydrogen) atoms. The number of aliphatic carboxylic acids is 1. The van der Waals surface area contributed by atoms with Crippen LogP contribution in [-0.2, 0) is 11.2 Å². The van der Waals surface area contributed by atoms with Crippen LogP contribution in [0, 0.1) is 0 Å². The van der Waals surface area contributed by atoms with E-state index >= 15 is 0 Å². The number of hydrogen-bond acceptors (Lipinski definition) is 4. The number of aromatic amines is 1. The molecular formula is C13H12N3O3-. The van der Waals surface area contributed by atoms with Gasteiger partial charge in [0.25, 0.3) is 0 Å². The van der Waals surface area contributed by atoms with Crippen LogP contribution in [0.4, 0.5) is 0 Å². The molecule has 0 amide bonds. The molecule has 0 radical (unpaired) electrons.